The third kappa shape index (κ3) is 4.52. The van der Waals surface area contributed by atoms with Crippen molar-refractivity contribution in [2.75, 3.05) is 20.1 Å². The Morgan fingerprint density at radius 2 is 2.24 bits per heavy atom. The summed E-state index contributed by atoms with van der Waals surface area (Å²) in [5.74, 6) is 1.04. The van der Waals surface area contributed by atoms with E-state index in [2.05, 4.69) is 31.1 Å². The van der Waals surface area contributed by atoms with Gasteiger partial charge in [0.15, 0.2) is 0 Å². The van der Waals surface area contributed by atoms with Crippen molar-refractivity contribution in [2.24, 2.45) is 5.41 Å². The van der Waals surface area contributed by atoms with E-state index in [0.717, 1.165) is 31.4 Å². The standard InChI is InChI=1S/C14H24N2O/c1-14(2,10-15-12-6-7-12)11-16(3)9-13-5-4-8-17-13/h4-5,8,12,15H,6-7,9-11H2,1-3H3. The number of nitrogens with zero attached hydrogens (tertiary/aromatic N) is 1. The normalized spacial score (nSPS) is 16.7. The molecule has 1 N–H and O–H groups in total. The van der Waals surface area contributed by atoms with Crippen molar-refractivity contribution < 1.29 is 4.42 Å². The Morgan fingerprint density at radius 3 is 2.82 bits per heavy atom. The predicted octanol–water partition coefficient (Wildman–Crippen LogP) is 2.49. The number of hydrogen-bond acceptors (Lipinski definition) is 3. The molecule has 1 fully saturated rings. The van der Waals surface area contributed by atoms with Crippen LogP contribution in [-0.4, -0.2) is 31.1 Å². The molecule has 0 atom stereocenters. The van der Waals surface area contributed by atoms with E-state index in [4.69, 9.17) is 4.42 Å². The van der Waals surface area contributed by atoms with Gasteiger partial charge in [0.2, 0.25) is 0 Å². The molecule has 96 valence electrons. The summed E-state index contributed by atoms with van der Waals surface area (Å²) >= 11 is 0. The van der Waals surface area contributed by atoms with Crippen molar-refractivity contribution in [1.29, 1.82) is 0 Å². The van der Waals surface area contributed by atoms with Gasteiger partial charge in [-0.1, -0.05) is 13.8 Å². The summed E-state index contributed by atoms with van der Waals surface area (Å²) in [4.78, 5) is 2.33. The third-order valence-electron chi connectivity index (χ3n) is 3.15. The molecule has 1 saturated carbocycles. The minimum Gasteiger partial charge on any atom is -0.468 e. The molecular weight excluding hydrogens is 212 g/mol. The molecule has 0 radical (unpaired) electrons. The molecule has 0 unspecified atom stereocenters. The van der Waals surface area contributed by atoms with Gasteiger partial charge in [-0.05, 0) is 37.4 Å². The molecule has 0 amide bonds. The van der Waals surface area contributed by atoms with E-state index in [1.54, 1.807) is 6.26 Å². The van der Waals surface area contributed by atoms with Crippen molar-refractivity contribution >= 4 is 0 Å². The van der Waals surface area contributed by atoms with Crippen LogP contribution in [-0.2, 0) is 6.54 Å². The van der Waals surface area contributed by atoms with Gasteiger partial charge in [-0.3, -0.25) is 4.90 Å². The van der Waals surface area contributed by atoms with Crippen LogP contribution in [0.4, 0.5) is 0 Å². The first kappa shape index (κ1) is 12.7. The summed E-state index contributed by atoms with van der Waals surface area (Å²) in [6.07, 6.45) is 4.46. The Hall–Kier alpha value is -0.800. The summed E-state index contributed by atoms with van der Waals surface area (Å²) < 4.78 is 5.37. The molecule has 1 aromatic heterocycles. The van der Waals surface area contributed by atoms with E-state index in [0.29, 0.717) is 5.41 Å². The monoisotopic (exact) mass is 236 g/mol. The second-order valence-electron chi connectivity index (χ2n) is 6.07. The van der Waals surface area contributed by atoms with Crippen LogP contribution in [0.25, 0.3) is 0 Å². The van der Waals surface area contributed by atoms with Crippen molar-refractivity contribution in [3.63, 3.8) is 0 Å². The number of furan rings is 1. The molecule has 0 spiro atoms. The van der Waals surface area contributed by atoms with Crippen molar-refractivity contribution in [2.45, 2.75) is 39.3 Å². The van der Waals surface area contributed by atoms with Gasteiger partial charge in [0.1, 0.15) is 5.76 Å². The molecular formula is C14H24N2O. The molecule has 0 bridgehead atoms. The maximum atomic E-state index is 5.37. The number of hydrogen-bond donors (Lipinski definition) is 1. The lowest BCUT2D eigenvalue weighted by atomic mass is 9.92. The molecule has 0 aromatic carbocycles. The molecule has 17 heavy (non-hydrogen) atoms. The maximum Gasteiger partial charge on any atom is 0.117 e. The van der Waals surface area contributed by atoms with Crippen LogP contribution in [0.3, 0.4) is 0 Å². The molecule has 1 aliphatic carbocycles. The van der Waals surface area contributed by atoms with Crippen LogP contribution in [0, 0.1) is 5.41 Å². The molecule has 3 nitrogen and oxygen atoms in total. The van der Waals surface area contributed by atoms with Gasteiger partial charge >= 0.3 is 0 Å². The zero-order valence-corrected chi connectivity index (χ0v) is 11.2. The van der Waals surface area contributed by atoms with Gasteiger partial charge in [0.25, 0.3) is 0 Å². The molecule has 0 saturated heterocycles. The maximum absolute atomic E-state index is 5.37. The van der Waals surface area contributed by atoms with Crippen LogP contribution < -0.4 is 5.32 Å². The summed E-state index contributed by atoms with van der Waals surface area (Å²) in [5.41, 5.74) is 0.309. The molecule has 0 aliphatic heterocycles. The quantitative estimate of drug-likeness (QED) is 0.788. The van der Waals surface area contributed by atoms with Crippen molar-refractivity contribution in [3.05, 3.63) is 24.2 Å². The number of rotatable bonds is 7. The van der Waals surface area contributed by atoms with E-state index >= 15 is 0 Å². The average Bonchev–Trinajstić information content (AvgIpc) is 2.94. The Labute approximate surface area is 104 Å². The van der Waals surface area contributed by atoms with E-state index in [9.17, 15) is 0 Å². The largest absolute Gasteiger partial charge is 0.468 e. The second kappa shape index (κ2) is 5.23. The topological polar surface area (TPSA) is 28.4 Å². The highest BCUT2D eigenvalue weighted by Gasteiger charge is 2.26. The van der Waals surface area contributed by atoms with Crippen LogP contribution in [0.5, 0.6) is 0 Å². The average molecular weight is 236 g/mol. The lowest BCUT2D eigenvalue weighted by molar-refractivity contribution is 0.188. The van der Waals surface area contributed by atoms with Crippen LogP contribution in [0.2, 0.25) is 0 Å². The highest BCUT2D eigenvalue weighted by Crippen LogP contribution is 2.22. The van der Waals surface area contributed by atoms with E-state index < -0.39 is 0 Å². The van der Waals surface area contributed by atoms with Crippen LogP contribution in [0.1, 0.15) is 32.4 Å². The third-order valence-corrected chi connectivity index (χ3v) is 3.15. The van der Waals surface area contributed by atoms with Gasteiger partial charge in [-0.2, -0.15) is 0 Å². The Morgan fingerprint density at radius 1 is 1.47 bits per heavy atom. The number of nitrogens with one attached hydrogen (secondary N) is 1. The molecule has 1 heterocycles. The van der Waals surface area contributed by atoms with Gasteiger partial charge in [-0.25, -0.2) is 0 Å². The molecule has 1 aromatic rings. The van der Waals surface area contributed by atoms with E-state index in [-0.39, 0.29) is 0 Å². The van der Waals surface area contributed by atoms with Crippen molar-refractivity contribution in [1.82, 2.24) is 10.2 Å². The predicted molar refractivity (Wildman–Crippen MR) is 69.8 cm³/mol. The minimum absolute atomic E-state index is 0.309. The fraction of sp³-hybridized carbons (Fsp3) is 0.714. The van der Waals surface area contributed by atoms with Gasteiger partial charge in [-0.15, -0.1) is 0 Å². The summed E-state index contributed by atoms with van der Waals surface area (Å²) in [7, 11) is 2.15. The van der Waals surface area contributed by atoms with Crippen LogP contribution in [0.15, 0.2) is 22.8 Å². The first-order valence-electron chi connectivity index (χ1n) is 6.49. The molecule has 3 heteroatoms. The van der Waals surface area contributed by atoms with E-state index in [1.165, 1.54) is 12.8 Å². The molecule has 1 aliphatic rings. The zero-order valence-electron chi connectivity index (χ0n) is 11.2. The van der Waals surface area contributed by atoms with Crippen molar-refractivity contribution in [3.8, 4) is 0 Å². The summed E-state index contributed by atoms with van der Waals surface area (Å²) in [6.45, 7) is 7.70. The first-order chi connectivity index (χ1) is 8.05. The first-order valence-corrected chi connectivity index (χ1v) is 6.49. The fourth-order valence-electron chi connectivity index (χ4n) is 2.22. The Kier molecular flexibility index (Phi) is 3.89. The van der Waals surface area contributed by atoms with Crippen LogP contribution >= 0.6 is 0 Å². The lowest BCUT2D eigenvalue weighted by Gasteiger charge is -2.30. The zero-order chi connectivity index (χ0) is 12.3. The summed E-state index contributed by atoms with van der Waals surface area (Å²) in [6, 6.07) is 4.78. The van der Waals surface area contributed by atoms with Gasteiger partial charge < -0.3 is 9.73 Å². The second-order valence-corrected chi connectivity index (χ2v) is 6.07. The fourth-order valence-corrected chi connectivity index (χ4v) is 2.22. The SMILES string of the molecule is CN(Cc1ccco1)CC(C)(C)CNC1CC1. The minimum atomic E-state index is 0.309. The smallest absolute Gasteiger partial charge is 0.117 e. The Bertz CT molecular complexity index is 328. The van der Waals surface area contributed by atoms with E-state index in [1.807, 2.05) is 12.1 Å². The highest BCUT2D eigenvalue weighted by molar-refractivity contribution is 4.98. The van der Waals surface area contributed by atoms with Gasteiger partial charge in [0.05, 0.1) is 12.8 Å². The van der Waals surface area contributed by atoms with Gasteiger partial charge in [0, 0.05) is 19.1 Å². The summed E-state index contributed by atoms with van der Waals surface area (Å²) in [5, 5.41) is 3.61. The lowest BCUT2D eigenvalue weighted by Crippen LogP contribution is -2.39. The molecule has 2 rings (SSSR count). The Balaban J connectivity index is 1.73. The highest BCUT2D eigenvalue weighted by atomic mass is 16.3.